The van der Waals surface area contributed by atoms with E-state index in [9.17, 15) is 0 Å². The first-order valence-corrected chi connectivity index (χ1v) is 7.16. The Hall–Kier alpha value is -1.02. The van der Waals surface area contributed by atoms with Crippen LogP contribution < -0.4 is 10.2 Å². The lowest BCUT2D eigenvalue weighted by Crippen LogP contribution is -2.40. The third kappa shape index (κ3) is 3.26. The van der Waals surface area contributed by atoms with Crippen LogP contribution in [-0.2, 0) is 6.54 Å². The molecule has 0 atom stereocenters. The van der Waals surface area contributed by atoms with E-state index in [0.29, 0.717) is 5.41 Å². The molecule has 0 aromatic heterocycles. The molecule has 0 spiro atoms. The fourth-order valence-electron chi connectivity index (χ4n) is 2.86. The van der Waals surface area contributed by atoms with E-state index in [1.54, 1.807) is 0 Å². The molecule has 1 heterocycles. The van der Waals surface area contributed by atoms with Crippen LogP contribution in [-0.4, -0.2) is 19.6 Å². The Morgan fingerprint density at radius 2 is 2.06 bits per heavy atom. The second kappa shape index (κ2) is 5.75. The van der Waals surface area contributed by atoms with E-state index in [2.05, 4.69) is 55.3 Å². The van der Waals surface area contributed by atoms with Crippen LogP contribution in [0.3, 0.4) is 0 Å². The lowest BCUT2D eigenvalue weighted by atomic mass is 9.84. The van der Waals surface area contributed by atoms with E-state index in [0.717, 1.165) is 13.1 Å². The Labute approximate surface area is 111 Å². The molecule has 100 valence electrons. The van der Waals surface area contributed by atoms with E-state index in [1.807, 2.05) is 0 Å². The Morgan fingerprint density at radius 3 is 2.78 bits per heavy atom. The molecular formula is C16H26N2. The zero-order valence-electron chi connectivity index (χ0n) is 12.0. The summed E-state index contributed by atoms with van der Waals surface area (Å²) < 4.78 is 0. The minimum Gasteiger partial charge on any atom is -0.371 e. The molecule has 0 amide bonds. The molecule has 0 aliphatic carbocycles. The second-order valence-corrected chi connectivity index (χ2v) is 6.10. The van der Waals surface area contributed by atoms with Gasteiger partial charge in [-0.3, -0.25) is 0 Å². The highest BCUT2D eigenvalue weighted by molar-refractivity contribution is 5.54. The SMILES string of the molecule is CCNCc1ccccc1N1CCCC(C)(C)C1. The topological polar surface area (TPSA) is 15.3 Å². The number of nitrogens with one attached hydrogen (secondary N) is 1. The van der Waals surface area contributed by atoms with Crippen molar-refractivity contribution >= 4 is 5.69 Å². The molecule has 0 bridgehead atoms. The summed E-state index contributed by atoms with van der Waals surface area (Å²) in [5.74, 6) is 0. The van der Waals surface area contributed by atoms with Crippen LogP contribution in [0.1, 0.15) is 39.2 Å². The zero-order chi connectivity index (χ0) is 13.0. The van der Waals surface area contributed by atoms with Gasteiger partial charge >= 0.3 is 0 Å². The van der Waals surface area contributed by atoms with E-state index in [1.165, 1.54) is 37.2 Å². The quantitative estimate of drug-likeness (QED) is 0.875. The van der Waals surface area contributed by atoms with Gasteiger partial charge in [0.05, 0.1) is 0 Å². The summed E-state index contributed by atoms with van der Waals surface area (Å²) in [6, 6.07) is 8.82. The summed E-state index contributed by atoms with van der Waals surface area (Å²) in [7, 11) is 0. The molecule has 1 N–H and O–H groups in total. The van der Waals surface area contributed by atoms with Gasteiger partial charge in [0, 0.05) is 25.3 Å². The Bertz CT molecular complexity index is 384. The molecule has 1 aromatic carbocycles. The number of hydrogen-bond donors (Lipinski definition) is 1. The van der Waals surface area contributed by atoms with Crippen molar-refractivity contribution in [3.63, 3.8) is 0 Å². The molecule has 0 radical (unpaired) electrons. The van der Waals surface area contributed by atoms with Crippen molar-refractivity contribution < 1.29 is 0 Å². The normalized spacial score (nSPS) is 18.9. The molecule has 1 aromatic rings. The summed E-state index contributed by atoms with van der Waals surface area (Å²) in [5, 5.41) is 3.44. The highest BCUT2D eigenvalue weighted by Gasteiger charge is 2.27. The summed E-state index contributed by atoms with van der Waals surface area (Å²) in [5.41, 5.74) is 3.30. The molecule has 2 nitrogen and oxygen atoms in total. The predicted molar refractivity (Wildman–Crippen MR) is 79.1 cm³/mol. The first-order valence-electron chi connectivity index (χ1n) is 7.16. The average molecular weight is 246 g/mol. The third-order valence-corrected chi connectivity index (χ3v) is 3.80. The summed E-state index contributed by atoms with van der Waals surface area (Å²) in [6.07, 6.45) is 2.65. The number of piperidine rings is 1. The predicted octanol–water partition coefficient (Wildman–Crippen LogP) is 3.42. The van der Waals surface area contributed by atoms with Crippen LogP contribution in [0.25, 0.3) is 0 Å². The first kappa shape index (κ1) is 13.4. The second-order valence-electron chi connectivity index (χ2n) is 6.10. The van der Waals surface area contributed by atoms with Gasteiger partial charge in [0.1, 0.15) is 0 Å². The maximum atomic E-state index is 3.44. The van der Waals surface area contributed by atoms with Crippen LogP contribution in [0.15, 0.2) is 24.3 Å². The standard InChI is InChI=1S/C16H26N2/c1-4-17-12-14-8-5-6-9-15(14)18-11-7-10-16(2,3)13-18/h5-6,8-9,17H,4,7,10-13H2,1-3H3. The third-order valence-electron chi connectivity index (χ3n) is 3.80. The summed E-state index contributed by atoms with van der Waals surface area (Å²) in [4.78, 5) is 2.57. The van der Waals surface area contributed by atoms with Crippen LogP contribution in [0.5, 0.6) is 0 Å². The van der Waals surface area contributed by atoms with Crippen LogP contribution in [0.4, 0.5) is 5.69 Å². The van der Waals surface area contributed by atoms with Gasteiger partial charge in [-0.25, -0.2) is 0 Å². The summed E-state index contributed by atoms with van der Waals surface area (Å²) >= 11 is 0. The maximum absolute atomic E-state index is 3.44. The number of rotatable bonds is 4. The minimum absolute atomic E-state index is 0.448. The van der Waals surface area contributed by atoms with Gasteiger partial charge in [0.2, 0.25) is 0 Å². The van der Waals surface area contributed by atoms with Crippen LogP contribution >= 0.6 is 0 Å². The van der Waals surface area contributed by atoms with Crippen molar-refractivity contribution in [2.75, 3.05) is 24.5 Å². The monoisotopic (exact) mass is 246 g/mol. The molecular weight excluding hydrogens is 220 g/mol. The molecule has 1 aliphatic rings. The largest absolute Gasteiger partial charge is 0.371 e. The Balaban J connectivity index is 2.16. The van der Waals surface area contributed by atoms with Crippen molar-refractivity contribution in [3.8, 4) is 0 Å². The molecule has 1 fully saturated rings. The van der Waals surface area contributed by atoms with Crippen LogP contribution in [0.2, 0.25) is 0 Å². The van der Waals surface area contributed by atoms with Crippen molar-refractivity contribution in [3.05, 3.63) is 29.8 Å². The lowest BCUT2D eigenvalue weighted by Gasteiger charge is -2.40. The van der Waals surface area contributed by atoms with Crippen molar-refractivity contribution in [2.45, 2.75) is 40.2 Å². The van der Waals surface area contributed by atoms with E-state index in [-0.39, 0.29) is 0 Å². The number of benzene rings is 1. The number of para-hydroxylation sites is 1. The molecule has 18 heavy (non-hydrogen) atoms. The highest BCUT2D eigenvalue weighted by atomic mass is 15.1. The number of anilines is 1. The molecule has 1 aliphatic heterocycles. The number of nitrogens with zero attached hydrogens (tertiary/aromatic N) is 1. The van der Waals surface area contributed by atoms with Gasteiger partial charge in [-0.05, 0) is 36.4 Å². The molecule has 1 saturated heterocycles. The van der Waals surface area contributed by atoms with E-state index < -0.39 is 0 Å². The van der Waals surface area contributed by atoms with Crippen molar-refractivity contribution in [1.29, 1.82) is 0 Å². The molecule has 0 unspecified atom stereocenters. The maximum Gasteiger partial charge on any atom is 0.0412 e. The highest BCUT2D eigenvalue weighted by Crippen LogP contribution is 2.32. The average Bonchev–Trinajstić information content (AvgIpc) is 2.35. The Kier molecular flexibility index (Phi) is 4.28. The van der Waals surface area contributed by atoms with Crippen molar-refractivity contribution in [1.82, 2.24) is 5.32 Å². The fourth-order valence-corrected chi connectivity index (χ4v) is 2.86. The lowest BCUT2D eigenvalue weighted by molar-refractivity contribution is 0.293. The fraction of sp³-hybridized carbons (Fsp3) is 0.625. The Morgan fingerprint density at radius 1 is 1.28 bits per heavy atom. The summed E-state index contributed by atoms with van der Waals surface area (Å²) in [6.45, 7) is 11.3. The van der Waals surface area contributed by atoms with Gasteiger partial charge in [-0.15, -0.1) is 0 Å². The van der Waals surface area contributed by atoms with E-state index >= 15 is 0 Å². The van der Waals surface area contributed by atoms with Gasteiger partial charge in [0.15, 0.2) is 0 Å². The van der Waals surface area contributed by atoms with E-state index in [4.69, 9.17) is 0 Å². The van der Waals surface area contributed by atoms with Gasteiger partial charge in [-0.1, -0.05) is 39.0 Å². The first-order chi connectivity index (χ1) is 8.62. The zero-order valence-corrected chi connectivity index (χ0v) is 12.0. The van der Waals surface area contributed by atoms with Crippen molar-refractivity contribution in [2.24, 2.45) is 5.41 Å². The van der Waals surface area contributed by atoms with Gasteiger partial charge in [0.25, 0.3) is 0 Å². The van der Waals surface area contributed by atoms with Gasteiger partial charge in [-0.2, -0.15) is 0 Å². The van der Waals surface area contributed by atoms with Gasteiger partial charge < -0.3 is 10.2 Å². The minimum atomic E-state index is 0.448. The van der Waals surface area contributed by atoms with Crippen LogP contribution in [0, 0.1) is 5.41 Å². The smallest absolute Gasteiger partial charge is 0.0412 e. The molecule has 0 saturated carbocycles. The molecule has 2 rings (SSSR count). The molecule has 2 heteroatoms. The number of hydrogen-bond acceptors (Lipinski definition) is 2.